The third-order valence-corrected chi connectivity index (χ3v) is 4.13. The number of carbonyl (C=O) groups excluding carboxylic acids is 1. The third kappa shape index (κ3) is 3.76. The van der Waals surface area contributed by atoms with Crippen LogP contribution in [-0.2, 0) is 9.53 Å². The summed E-state index contributed by atoms with van der Waals surface area (Å²) >= 11 is 7.23. The highest BCUT2D eigenvalue weighted by Crippen LogP contribution is 2.29. The normalized spacial score (nSPS) is 11.8. The second kappa shape index (κ2) is 7.36. The van der Waals surface area contributed by atoms with Gasteiger partial charge in [0.1, 0.15) is 0 Å². The predicted octanol–water partition coefficient (Wildman–Crippen LogP) is 2.55. The Morgan fingerprint density at radius 2 is 2.09 bits per heavy atom. The second-order valence-corrected chi connectivity index (χ2v) is 6.09. The number of rotatable bonds is 5. The first-order valence-corrected chi connectivity index (χ1v) is 8.02. The van der Waals surface area contributed by atoms with E-state index in [1.54, 1.807) is 42.6 Å². The van der Waals surface area contributed by atoms with E-state index in [4.69, 9.17) is 33.6 Å². The number of carbonyl (C=O) groups is 1. The number of hydrazine groups is 1. The van der Waals surface area contributed by atoms with Gasteiger partial charge >= 0.3 is 5.97 Å². The van der Waals surface area contributed by atoms with Crippen LogP contribution in [0.25, 0.3) is 5.70 Å². The Hall–Kier alpha value is -2.22. The highest BCUT2D eigenvalue weighted by Gasteiger charge is 2.24. The number of hydrogen-bond donors (Lipinski definition) is 3. The average molecular weight is 353 g/mol. The number of halogens is 1. The summed E-state index contributed by atoms with van der Waals surface area (Å²) in [4.78, 5) is 12.3. The van der Waals surface area contributed by atoms with Gasteiger partial charge in [-0.3, -0.25) is 5.01 Å². The summed E-state index contributed by atoms with van der Waals surface area (Å²) < 4.78 is 5.62. The van der Waals surface area contributed by atoms with Crippen LogP contribution in [-0.4, -0.2) is 12.6 Å². The van der Waals surface area contributed by atoms with Gasteiger partial charge in [0, 0.05) is 10.9 Å². The third-order valence-electron chi connectivity index (χ3n) is 3.04. The molecule has 0 spiro atoms. The Bertz CT molecular complexity index is 745. The molecule has 6 nitrogen and oxygen atoms in total. The molecule has 0 unspecified atom stereocenters. The standard InChI is InChI=1S/C15H17ClN4O2S/c1-2-22-15(21)14(13(18)9-7-12(16)23-8-9)20(19)11-6-4-3-5-10(11)17/h3-8H,2,17-19H2,1H3/b14-13+. The molecule has 0 atom stereocenters. The summed E-state index contributed by atoms with van der Waals surface area (Å²) in [7, 11) is 0. The van der Waals surface area contributed by atoms with Crippen molar-refractivity contribution in [2.24, 2.45) is 11.6 Å². The van der Waals surface area contributed by atoms with E-state index < -0.39 is 5.97 Å². The van der Waals surface area contributed by atoms with Crippen LogP contribution in [0.15, 0.2) is 41.4 Å². The van der Waals surface area contributed by atoms with E-state index in [0.29, 0.717) is 21.3 Å². The lowest BCUT2D eigenvalue weighted by molar-refractivity contribution is -0.138. The number of para-hydroxylation sites is 2. The fourth-order valence-electron chi connectivity index (χ4n) is 1.95. The van der Waals surface area contributed by atoms with Gasteiger partial charge in [-0.25, -0.2) is 10.6 Å². The lowest BCUT2D eigenvalue weighted by Crippen LogP contribution is -2.37. The Kier molecular flexibility index (Phi) is 5.49. The van der Waals surface area contributed by atoms with Crippen molar-refractivity contribution in [3.63, 3.8) is 0 Å². The Morgan fingerprint density at radius 1 is 1.39 bits per heavy atom. The molecule has 122 valence electrons. The molecular formula is C15H17ClN4O2S. The van der Waals surface area contributed by atoms with Gasteiger partial charge in [0.25, 0.3) is 0 Å². The summed E-state index contributed by atoms with van der Waals surface area (Å²) in [6.07, 6.45) is 0. The fraction of sp³-hybridized carbons (Fsp3) is 0.133. The van der Waals surface area contributed by atoms with Gasteiger partial charge in [-0.15, -0.1) is 11.3 Å². The van der Waals surface area contributed by atoms with Crippen molar-refractivity contribution in [3.05, 3.63) is 51.3 Å². The van der Waals surface area contributed by atoms with Crippen LogP contribution in [0, 0.1) is 0 Å². The zero-order chi connectivity index (χ0) is 17.0. The molecule has 0 radical (unpaired) electrons. The summed E-state index contributed by atoms with van der Waals surface area (Å²) in [5, 5.41) is 2.87. The predicted molar refractivity (Wildman–Crippen MR) is 94.6 cm³/mol. The zero-order valence-electron chi connectivity index (χ0n) is 12.5. The van der Waals surface area contributed by atoms with Crippen molar-refractivity contribution in [1.82, 2.24) is 0 Å². The van der Waals surface area contributed by atoms with Gasteiger partial charge in [-0.1, -0.05) is 23.7 Å². The molecule has 0 aliphatic rings. The molecule has 0 aliphatic heterocycles. The maximum atomic E-state index is 12.3. The second-order valence-electron chi connectivity index (χ2n) is 4.55. The summed E-state index contributed by atoms with van der Waals surface area (Å²) in [6.45, 7) is 1.89. The molecule has 0 amide bonds. The summed E-state index contributed by atoms with van der Waals surface area (Å²) in [5.74, 6) is 5.46. The van der Waals surface area contributed by atoms with Gasteiger partial charge < -0.3 is 16.2 Å². The first-order valence-electron chi connectivity index (χ1n) is 6.76. The smallest absolute Gasteiger partial charge is 0.358 e. The van der Waals surface area contributed by atoms with Crippen molar-refractivity contribution in [2.75, 3.05) is 17.3 Å². The van der Waals surface area contributed by atoms with Gasteiger partial charge in [0.2, 0.25) is 0 Å². The topological polar surface area (TPSA) is 108 Å². The highest BCUT2D eigenvalue weighted by atomic mass is 35.5. The number of benzene rings is 1. The quantitative estimate of drug-likeness (QED) is 0.251. The molecule has 23 heavy (non-hydrogen) atoms. The van der Waals surface area contributed by atoms with Crippen molar-refractivity contribution >= 4 is 46.0 Å². The van der Waals surface area contributed by atoms with E-state index in [1.165, 1.54) is 11.3 Å². The number of nitrogen functional groups attached to an aromatic ring is 1. The number of esters is 1. The Morgan fingerprint density at radius 3 is 2.65 bits per heavy atom. The molecule has 2 rings (SSSR count). The van der Waals surface area contributed by atoms with Crippen molar-refractivity contribution < 1.29 is 9.53 Å². The van der Waals surface area contributed by atoms with Crippen molar-refractivity contribution in [1.29, 1.82) is 0 Å². The molecular weight excluding hydrogens is 336 g/mol. The highest BCUT2D eigenvalue weighted by molar-refractivity contribution is 7.14. The molecule has 0 saturated carbocycles. The van der Waals surface area contributed by atoms with E-state index in [2.05, 4.69) is 0 Å². The number of thiophene rings is 1. The lowest BCUT2D eigenvalue weighted by Gasteiger charge is -2.23. The Labute approximate surface area is 143 Å². The van der Waals surface area contributed by atoms with E-state index in [9.17, 15) is 4.79 Å². The Balaban J connectivity index is 2.54. The van der Waals surface area contributed by atoms with E-state index in [-0.39, 0.29) is 18.0 Å². The van der Waals surface area contributed by atoms with Gasteiger partial charge in [-0.05, 0) is 25.1 Å². The van der Waals surface area contributed by atoms with Crippen molar-refractivity contribution in [3.8, 4) is 0 Å². The minimum absolute atomic E-state index is 0.000725. The van der Waals surface area contributed by atoms with Crippen LogP contribution >= 0.6 is 22.9 Å². The van der Waals surface area contributed by atoms with Gasteiger partial charge in [0.15, 0.2) is 5.70 Å². The van der Waals surface area contributed by atoms with Crippen LogP contribution in [0.3, 0.4) is 0 Å². The van der Waals surface area contributed by atoms with Crippen LogP contribution < -0.4 is 22.3 Å². The number of anilines is 2. The molecule has 1 aromatic heterocycles. The maximum absolute atomic E-state index is 12.3. The minimum atomic E-state index is -0.641. The first-order chi connectivity index (χ1) is 11.0. The van der Waals surface area contributed by atoms with Crippen LogP contribution in [0.4, 0.5) is 11.4 Å². The van der Waals surface area contributed by atoms with Crippen LogP contribution in [0.1, 0.15) is 12.5 Å². The molecule has 2 aromatic rings. The maximum Gasteiger partial charge on any atom is 0.358 e. The largest absolute Gasteiger partial charge is 0.461 e. The molecule has 0 fully saturated rings. The molecule has 6 N–H and O–H groups in total. The summed E-state index contributed by atoms with van der Waals surface area (Å²) in [6, 6.07) is 8.54. The van der Waals surface area contributed by atoms with Gasteiger partial charge in [-0.2, -0.15) is 0 Å². The van der Waals surface area contributed by atoms with E-state index in [1.807, 2.05) is 0 Å². The lowest BCUT2D eigenvalue weighted by atomic mass is 10.2. The summed E-state index contributed by atoms with van der Waals surface area (Å²) in [5.41, 5.74) is 13.7. The molecule has 8 heteroatoms. The number of nitrogens with two attached hydrogens (primary N) is 3. The monoisotopic (exact) mass is 352 g/mol. The molecule has 1 heterocycles. The van der Waals surface area contributed by atoms with E-state index >= 15 is 0 Å². The van der Waals surface area contributed by atoms with E-state index in [0.717, 1.165) is 5.01 Å². The first kappa shape index (κ1) is 17.1. The minimum Gasteiger partial charge on any atom is -0.461 e. The SMILES string of the molecule is CCOC(=O)/C(=C(\N)c1csc(Cl)c1)N(N)c1ccccc1N. The number of ether oxygens (including phenoxy) is 1. The number of nitrogens with zero attached hydrogens (tertiary/aromatic N) is 1. The zero-order valence-corrected chi connectivity index (χ0v) is 14.0. The fourth-order valence-corrected chi connectivity index (χ4v) is 2.83. The van der Waals surface area contributed by atoms with Crippen LogP contribution in [0.5, 0.6) is 0 Å². The van der Waals surface area contributed by atoms with Crippen molar-refractivity contribution in [2.45, 2.75) is 6.92 Å². The van der Waals surface area contributed by atoms with Gasteiger partial charge in [0.05, 0.1) is 28.0 Å². The molecule has 0 saturated heterocycles. The molecule has 0 bridgehead atoms. The average Bonchev–Trinajstić information content (AvgIpc) is 2.94. The van der Waals surface area contributed by atoms with Crippen LogP contribution in [0.2, 0.25) is 4.34 Å². The molecule has 0 aliphatic carbocycles. The number of hydrogen-bond acceptors (Lipinski definition) is 7. The molecule has 1 aromatic carbocycles.